The Balaban J connectivity index is 2.56. The number of hydrogen-bond acceptors (Lipinski definition) is 5. The van der Waals surface area contributed by atoms with Crippen molar-refractivity contribution < 1.29 is 19.1 Å². The van der Waals surface area contributed by atoms with Crippen LogP contribution in [0.3, 0.4) is 0 Å². The van der Waals surface area contributed by atoms with E-state index in [0.717, 1.165) is 6.42 Å². The first kappa shape index (κ1) is 16.8. The molecule has 0 heterocycles. The van der Waals surface area contributed by atoms with Gasteiger partial charge in [-0.15, -0.1) is 0 Å². The Morgan fingerprint density at radius 3 is 2.76 bits per heavy atom. The average Bonchev–Trinajstić information content (AvgIpc) is 2.50. The largest absolute Gasteiger partial charge is 0.493 e. The first-order chi connectivity index (χ1) is 10.1. The molecule has 0 spiro atoms. The number of oxime groups is 1. The van der Waals surface area contributed by atoms with Gasteiger partial charge in [0.25, 0.3) is 5.91 Å². The zero-order valence-corrected chi connectivity index (χ0v) is 12.9. The van der Waals surface area contributed by atoms with Gasteiger partial charge in [0.05, 0.1) is 20.4 Å². The molecule has 0 aliphatic rings. The predicted octanol–water partition coefficient (Wildman–Crippen LogP) is 1.97. The molecule has 116 valence electrons. The topological polar surface area (TPSA) is 69.2 Å². The van der Waals surface area contributed by atoms with E-state index in [1.165, 1.54) is 6.21 Å². The van der Waals surface area contributed by atoms with Crippen LogP contribution < -0.4 is 14.8 Å². The van der Waals surface area contributed by atoms with Crippen molar-refractivity contribution in [1.29, 1.82) is 0 Å². The van der Waals surface area contributed by atoms with Crippen LogP contribution in [0.15, 0.2) is 23.4 Å². The van der Waals surface area contributed by atoms with Crippen molar-refractivity contribution in [3.8, 4) is 11.5 Å². The third-order valence-electron chi connectivity index (χ3n) is 2.92. The highest BCUT2D eigenvalue weighted by molar-refractivity contribution is 5.84. The van der Waals surface area contributed by atoms with Gasteiger partial charge in [0.15, 0.2) is 18.1 Å². The predicted molar refractivity (Wildman–Crippen MR) is 81.0 cm³/mol. The Kier molecular flexibility index (Phi) is 7.08. The fraction of sp³-hybridized carbons (Fsp3) is 0.467. The van der Waals surface area contributed by atoms with E-state index in [4.69, 9.17) is 14.3 Å². The fourth-order valence-corrected chi connectivity index (χ4v) is 1.62. The van der Waals surface area contributed by atoms with Gasteiger partial charge in [0, 0.05) is 11.6 Å². The highest BCUT2D eigenvalue weighted by Gasteiger charge is 2.08. The Bertz CT molecular complexity index is 489. The summed E-state index contributed by atoms with van der Waals surface area (Å²) < 4.78 is 10.4. The number of amides is 1. The number of ether oxygens (including phenoxy) is 2. The molecule has 0 radical (unpaired) electrons. The molecule has 6 nitrogen and oxygen atoms in total. The molecule has 1 aromatic carbocycles. The molecule has 0 aromatic heterocycles. The van der Waals surface area contributed by atoms with Gasteiger partial charge in [-0.2, -0.15) is 0 Å². The van der Waals surface area contributed by atoms with E-state index in [1.54, 1.807) is 20.3 Å². The first-order valence-electron chi connectivity index (χ1n) is 6.78. The summed E-state index contributed by atoms with van der Waals surface area (Å²) >= 11 is 0. The molecule has 0 unspecified atom stereocenters. The van der Waals surface area contributed by atoms with Crippen LogP contribution in [-0.4, -0.2) is 39.0 Å². The smallest absolute Gasteiger partial charge is 0.260 e. The van der Waals surface area contributed by atoms with E-state index in [0.29, 0.717) is 17.1 Å². The molecular formula is C15H22N2O4. The van der Waals surface area contributed by atoms with Gasteiger partial charge >= 0.3 is 0 Å². The van der Waals surface area contributed by atoms with Gasteiger partial charge in [-0.25, -0.2) is 0 Å². The van der Waals surface area contributed by atoms with Crippen LogP contribution >= 0.6 is 0 Å². The van der Waals surface area contributed by atoms with E-state index < -0.39 is 0 Å². The van der Waals surface area contributed by atoms with Gasteiger partial charge in [0.2, 0.25) is 0 Å². The second-order valence-corrected chi connectivity index (χ2v) is 4.47. The number of hydrogen-bond donors (Lipinski definition) is 1. The average molecular weight is 294 g/mol. The van der Waals surface area contributed by atoms with Crippen molar-refractivity contribution in [1.82, 2.24) is 5.32 Å². The van der Waals surface area contributed by atoms with Crippen LogP contribution in [0, 0.1) is 0 Å². The summed E-state index contributed by atoms with van der Waals surface area (Å²) in [6, 6.07) is 5.55. The van der Waals surface area contributed by atoms with Crippen LogP contribution in [0.5, 0.6) is 11.5 Å². The maximum Gasteiger partial charge on any atom is 0.260 e. The molecule has 0 fully saturated rings. The lowest BCUT2D eigenvalue weighted by Crippen LogP contribution is -2.34. The highest BCUT2D eigenvalue weighted by Crippen LogP contribution is 2.29. The number of methoxy groups -OCH3 is 2. The van der Waals surface area contributed by atoms with E-state index >= 15 is 0 Å². The minimum Gasteiger partial charge on any atom is -0.493 e. The Morgan fingerprint density at radius 2 is 2.14 bits per heavy atom. The van der Waals surface area contributed by atoms with Gasteiger partial charge in [-0.3, -0.25) is 4.79 Å². The third-order valence-corrected chi connectivity index (χ3v) is 2.92. The molecule has 1 amide bonds. The number of benzene rings is 1. The van der Waals surface area contributed by atoms with Gasteiger partial charge in [0.1, 0.15) is 0 Å². The van der Waals surface area contributed by atoms with Crippen LogP contribution in [-0.2, 0) is 9.63 Å². The van der Waals surface area contributed by atoms with Crippen LogP contribution in [0.4, 0.5) is 0 Å². The summed E-state index contributed by atoms with van der Waals surface area (Å²) in [4.78, 5) is 16.5. The van der Waals surface area contributed by atoms with E-state index in [9.17, 15) is 4.79 Å². The van der Waals surface area contributed by atoms with E-state index in [-0.39, 0.29) is 18.6 Å². The van der Waals surface area contributed by atoms with Crippen molar-refractivity contribution in [2.75, 3.05) is 20.8 Å². The van der Waals surface area contributed by atoms with Crippen LogP contribution in [0.1, 0.15) is 25.8 Å². The lowest BCUT2D eigenvalue weighted by molar-refractivity contribution is -0.126. The highest BCUT2D eigenvalue weighted by atomic mass is 16.6. The molecule has 0 aliphatic heterocycles. The van der Waals surface area contributed by atoms with Crippen LogP contribution in [0.25, 0.3) is 0 Å². The van der Waals surface area contributed by atoms with E-state index in [2.05, 4.69) is 10.5 Å². The number of para-hydroxylation sites is 1. The van der Waals surface area contributed by atoms with Gasteiger partial charge in [-0.05, 0) is 25.5 Å². The lowest BCUT2D eigenvalue weighted by Gasteiger charge is -2.10. The fourth-order valence-electron chi connectivity index (χ4n) is 1.62. The molecule has 1 N–H and O–H groups in total. The van der Waals surface area contributed by atoms with Crippen molar-refractivity contribution in [3.63, 3.8) is 0 Å². The SMILES string of the molecule is CC[C@H](C)NC(=O)CO/N=C\c1cccc(OC)c1OC. The Hall–Kier alpha value is -2.24. The molecule has 0 bridgehead atoms. The maximum absolute atomic E-state index is 11.5. The Morgan fingerprint density at radius 1 is 1.38 bits per heavy atom. The van der Waals surface area contributed by atoms with Crippen molar-refractivity contribution in [2.24, 2.45) is 5.16 Å². The Labute approximate surface area is 125 Å². The lowest BCUT2D eigenvalue weighted by atomic mass is 10.2. The molecular weight excluding hydrogens is 272 g/mol. The number of nitrogens with zero attached hydrogens (tertiary/aromatic N) is 1. The van der Waals surface area contributed by atoms with Crippen LogP contribution in [0.2, 0.25) is 0 Å². The minimum atomic E-state index is -0.195. The van der Waals surface area contributed by atoms with Crippen molar-refractivity contribution in [2.45, 2.75) is 26.3 Å². The monoisotopic (exact) mass is 294 g/mol. The number of rotatable bonds is 8. The quantitative estimate of drug-likeness (QED) is 0.588. The second kappa shape index (κ2) is 8.84. The summed E-state index contributed by atoms with van der Waals surface area (Å²) in [6.45, 7) is 3.81. The molecule has 0 saturated heterocycles. The molecule has 1 aromatic rings. The van der Waals surface area contributed by atoms with Crippen molar-refractivity contribution in [3.05, 3.63) is 23.8 Å². The molecule has 0 aliphatic carbocycles. The third kappa shape index (κ3) is 5.33. The maximum atomic E-state index is 11.5. The van der Waals surface area contributed by atoms with Gasteiger partial charge < -0.3 is 19.6 Å². The van der Waals surface area contributed by atoms with Crippen molar-refractivity contribution >= 4 is 12.1 Å². The molecule has 6 heteroatoms. The molecule has 0 saturated carbocycles. The number of carbonyl (C=O) groups is 1. The standard InChI is InChI=1S/C15H22N2O4/c1-5-11(2)17-14(18)10-21-16-9-12-7-6-8-13(19-3)15(12)20-4/h6-9,11H,5,10H2,1-4H3,(H,17,18)/b16-9-/t11-/m0/s1. The summed E-state index contributed by atoms with van der Waals surface area (Å²) in [5, 5.41) is 6.56. The zero-order chi connectivity index (χ0) is 15.7. The second-order valence-electron chi connectivity index (χ2n) is 4.47. The summed E-state index contributed by atoms with van der Waals surface area (Å²) in [7, 11) is 3.12. The molecule has 21 heavy (non-hydrogen) atoms. The summed E-state index contributed by atoms with van der Waals surface area (Å²) in [5.74, 6) is 0.978. The number of nitrogens with one attached hydrogen (secondary N) is 1. The zero-order valence-electron chi connectivity index (χ0n) is 12.9. The number of carbonyl (C=O) groups excluding carboxylic acids is 1. The summed E-state index contributed by atoms with van der Waals surface area (Å²) in [6.07, 6.45) is 2.36. The molecule has 1 atom stereocenters. The first-order valence-corrected chi connectivity index (χ1v) is 6.78. The minimum absolute atomic E-state index is 0.118. The van der Waals surface area contributed by atoms with Gasteiger partial charge in [-0.1, -0.05) is 18.1 Å². The van der Waals surface area contributed by atoms with E-state index in [1.807, 2.05) is 26.0 Å². The molecule has 1 rings (SSSR count). The summed E-state index contributed by atoms with van der Waals surface area (Å²) in [5.41, 5.74) is 0.708. The normalized spacial score (nSPS) is 12.0.